The molecule has 22 heavy (non-hydrogen) atoms. The van der Waals surface area contributed by atoms with Gasteiger partial charge < -0.3 is 19.6 Å². The molecule has 0 bridgehead atoms. The number of hydrogen-bond acceptors (Lipinski definition) is 4. The number of likely N-dealkylation sites (N-methyl/N-ethyl adjacent to an activating group) is 1. The molecule has 0 radical (unpaired) electrons. The second-order valence-electron chi connectivity index (χ2n) is 6.43. The number of carbonyl (C=O) groups is 1. The Hall–Kier alpha value is -1.43. The first kappa shape index (κ1) is 15.5. The van der Waals surface area contributed by atoms with Crippen LogP contribution in [0.4, 0.5) is 0 Å². The van der Waals surface area contributed by atoms with Crippen LogP contribution in [0.15, 0.2) is 30.3 Å². The average molecular weight is 304 g/mol. The second-order valence-corrected chi connectivity index (χ2v) is 6.43. The van der Waals surface area contributed by atoms with Crippen molar-refractivity contribution in [1.29, 1.82) is 0 Å². The molecule has 0 aromatic heterocycles. The molecule has 0 aliphatic carbocycles. The molecule has 1 amide bonds. The van der Waals surface area contributed by atoms with Gasteiger partial charge in [0.1, 0.15) is 6.10 Å². The summed E-state index contributed by atoms with van der Waals surface area (Å²) in [5, 5.41) is 9.96. The van der Waals surface area contributed by atoms with Crippen LogP contribution in [0.1, 0.15) is 11.5 Å². The van der Waals surface area contributed by atoms with Crippen LogP contribution >= 0.6 is 0 Å². The van der Waals surface area contributed by atoms with Gasteiger partial charge in [0.25, 0.3) is 0 Å². The van der Waals surface area contributed by atoms with Crippen LogP contribution in [0, 0.1) is 5.92 Å². The molecule has 2 fully saturated rings. The minimum absolute atomic E-state index is 0.0461. The molecule has 4 atom stereocenters. The Kier molecular flexibility index (Phi) is 4.47. The zero-order valence-electron chi connectivity index (χ0n) is 13.2. The third-order valence-electron chi connectivity index (χ3n) is 4.90. The van der Waals surface area contributed by atoms with Gasteiger partial charge in [0, 0.05) is 39.2 Å². The van der Waals surface area contributed by atoms with E-state index in [-0.39, 0.29) is 23.8 Å². The number of rotatable bonds is 3. The summed E-state index contributed by atoms with van der Waals surface area (Å²) in [6, 6.07) is 10.2. The number of nitrogens with zero attached hydrogens (tertiary/aromatic N) is 2. The zero-order chi connectivity index (χ0) is 15.7. The first-order valence-electron chi connectivity index (χ1n) is 7.83. The molecule has 2 heterocycles. The van der Waals surface area contributed by atoms with Gasteiger partial charge in [0.15, 0.2) is 0 Å². The van der Waals surface area contributed by atoms with Crippen molar-refractivity contribution in [1.82, 2.24) is 9.80 Å². The van der Waals surface area contributed by atoms with Crippen LogP contribution in [-0.4, -0.2) is 73.4 Å². The third-order valence-corrected chi connectivity index (χ3v) is 4.90. The molecule has 1 aromatic rings. The van der Waals surface area contributed by atoms with Crippen LogP contribution in [-0.2, 0) is 9.53 Å². The number of likely N-dealkylation sites (tertiary alicyclic amines) is 2. The maximum Gasteiger partial charge on any atom is 0.227 e. The molecule has 0 saturated carbocycles. The van der Waals surface area contributed by atoms with Crippen molar-refractivity contribution in [3.63, 3.8) is 0 Å². The Morgan fingerprint density at radius 3 is 2.55 bits per heavy atom. The number of aliphatic hydroxyl groups is 1. The van der Waals surface area contributed by atoms with E-state index in [1.807, 2.05) is 18.2 Å². The highest BCUT2D eigenvalue weighted by molar-refractivity contribution is 5.81. The lowest BCUT2D eigenvalue weighted by atomic mass is 9.88. The molecule has 120 valence electrons. The largest absolute Gasteiger partial charge is 0.388 e. The van der Waals surface area contributed by atoms with Crippen molar-refractivity contribution in [3.8, 4) is 0 Å². The van der Waals surface area contributed by atoms with Crippen LogP contribution in [0.2, 0.25) is 0 Å². The number of β-amino-alcohol motifs (C(OH)–C–C–N with tert-alkyl or cyclic N) is 1. The Morgan fingerprint density at radius 1 is 1.18 bits per heavy atom. The van der Waals surface area contributed by atoms with E-state index in [2.05, 4.69) is 24.1 Å². The second kappa shape index (κ2) is 6.36. The summed E-state index contributed by atoms with van der Waals surface area (Å²) in [7, 11) is 3.64. The summed E-state index contributed by atoms with van der Waals surface area (Å²) in [5.41, 5.74) is 1.22. The van der Waals surface area contributed by atoms with Gasteiger partial charge in [-0.25, -0.2) is 0 Å². The lowest BCUT2D eigenvalue weighted by Crippen LogP contribution is -2.38. The smallest absolute Gasteiger partial charge is 0.227 e. The predicted octanol–water partition coefficient (Wildman–Crippen LogP) is 0.550. The maximum atomic E-state index is 12.9. The van der Waals surface area contributed by atoms with Crippen LogP contribution in [0.3, 0.4) is 0 Å². The van der Waals surface area contributed by atoms with Gasteiger partial charge in [-0.15, -0.1) is 0 Å². The van der Waals surface area contributed by atoms with Gasteiger partial charge in [-0.05, 0) is 12.6 Å². The first-order valence-corrected chi connectivity index (χ1v) is 7.83. The van der Waals surface area contributed by atoms with E-state index in [1.165, 1.54) is 5.56 Å². The van der Waals surface area contributed by atoms with E-state index < -0.39 is 6.10 Å². The molecular formula is C17H24N2O3. The number of benzene rings is 1. The van der Waals surface area contributed by atoms with Gasteiger partial charge in [0.2, 0.25) is 5.91 Å². The van der Waals surface area contributed by atoms with Crippen molar-refractivity contribution in [3.05, 3.63) is 35.9 Å². The minimum Gasteiger partial charge on any atom is -0.388 e. The summed E-state index contributed by atoms with van der Waals surface area (Å²) >= 11 is 0. The quantitative estimate of drug-likeness (QED) is 0.886. The van der Waals surface area contributed by atoms with Crippen molar-refractivity contribution in [2.75, 3.05) is 40.3 Å². The fourth-order valence-corrected chi connectivity index (χ4v) is 3.69. The Balaban J connectivity index is 1.76. The summed E-state index contributed by atoms with van der Waals surface area (Å²) < 4.78 is 5.24. The molecule has 5 heteroatoms. The van der Waals surface area contributed by atoms with Gasteiger partial charge in [0.05, 0.1) is 12.0 Å². The topological polar surface area (TPSA) is 53.0 Å². The molecule has 0 unspecified atom stereocenters. The van der Waals surface area contributed by atoms with Crippen LogP contribution in [0.5, 0.6) is 0 Å². The maximum absolute atomic E-state index is 12.9. The highest BCUT2D eigenvalue weighted by Gasteiger charge is 2.42. The van der Waals surface area contributed by atoms with Crippen molar-refractivity contribution >= 4 is 5.91 Å². The van der Waals surface area contributed by atoms with E-state index in [0.717, 1.165) is 13.1 Å². The van der Waals surface area contributed by atoms with E-state index in [1.54, 1.807) is 12.0 Å². The first-order chi connectivity index (χ1) is 10.6. The molecule has 2 aliphatic heterocycles. The molecule has 0 spiro atoms. The number of amides is 1. The molecule has 2 saturated heterocycles. The van der Waals surface area contributed by atoms with Gasteiger partial charge in [-0.2, -0.15) is 0 Å². The normalized spacial score (nSPS) is 32.6. The number of ether oxygens (including phenoxy) is 1. The molecule has 1 aromatic carbocycles. The molecule has 5 nitrogen and oxygen atoms in total. The molecular weight excluding hydrogens is 280 g/mol. The highest BCUT2D eigenvalue weighted by Crippen LogP contribution is 2.34. The fraction of sp³-hybridized carbons (Fsp3) is 0.588. The van der Waals surface area contributed by atoms with Crippen molar-refractivity contribution < 1.29 is 14.6 Å². The van der Waals surface area contributed by atoms with E-state index >= 15 is 0 Å². The number of methoxy groups -OCH3 is 1. The lowest BCUT2D eigenvalue weighted by molar-refractivity contribution is -0.135. The number of hydrogen-bond donors (Lipinski definition) is 1. The Bertz CT molecular complexity index is 522. The van der Waals surface area contributed by atoms with E-state index in [4.69, 9.17) is 4.74 Å². The van der Waals surface area contributed by atoms with Crippen molar-refractivity contribution in [2.45, 2.75) is 18.1 Å². The van der Waals surface area contributed by atoms with Crippen LogP contribution in [0.25, 0.3) is 0 Å². The molecule has 2 aliphatic rings. The van der Waals surface area contributed by atoms with E-state index in [0.29, 0.717) is 13.1 Å². The third kappa shape index (κ3) is 2.89. The summed E-state index contributed by atoms with van der Waals surface area (Å²) in [6.45, 7) is 2.52. The van der Waals surface area contributed by atoms with Gasteiger partial charge in [-0.1, -0.05) is 30.3 Å². The van der Waals surface area contributed by atoms with E-state index in [9.17, 15) is 9.90 Å². The fourth-order valence-electron chi connectivity index (χ4n) is 3.69. The summed E-state index contributed by atoms with van der Waals surface area (Å²) in [5.74, 6) is 0.310. The highest BCUT2D eigenvalue weighted by atomic mass is 16.5. The number of carbonyl (C=O) groups excluding carboxylic acids is 1. The zero-order valence-corrected chi connectivity index (χ0v) is 13.2. The predicted molar refractivity (Wildman–Crippen MR) is 83.6 cm³/mol. The molecule has 3 rings (SSSR count). The summed E-state index contributed by atoms with van der Waals surface area (Å²) in [4.78, 5) is 16.9. The molecule has 1 N–H and O–H groups in total. The Morgan fingerprint density at radius 2 is 1.91 bits per heavy atom. The minimum atomic E-state index is -0.580. The standard InChI is InChI=1S/C17H24N2O3/c1-18-8-13(12-6-4-3-5-7-12)14(9-18)17(21)19-10-15(20)16(11-19)22-2/h3-7,13-16,20H,8-11H2,1-2H3/t13-,14+,15+,16+/m0/s1. The van der Waals surface area contributed by atoms with Crippen LogP contribution < -0.4 is 0 Å². The lowest BCUT2D eigenvalue weighted by Gasteiger charge is -2.24. The summed E-state index contributed by atoms with van der Waals surface area (Å²) in [6.07, 6.45) is -0.846. The SMILES string of the molecule is CO[C@@H]1CN(C(=O)[C@@H]2CN(C)C[C@H]2c2ccccc2)C[C@H]1O. The average Bonchev–Trinajstić information content (AvgIpc) is 3.10. The van der Waals surface area contributed by atoms with Gasteiger partial charge >= 0.3 is 0 Å². The monoisotopic (exact) mass is 304 g/mol. The number of aliphatic hydroxyl groups excluding tert-OH is 1. The van der Waals surface area contributed by atoms with Crippen molar-refractivity contribution in [2.24, 2.45) is 5.92 Å². The van der Waals surface area contributed by atoms with Gasteiger partial charge in [-0.3, -0.25) is 4.79 Å². The Labute approximate surface area is 131 Å².